The molecule has 1 saturated heterocycles. The molecule has 1 aliphatic heterocycles. The van der Waals surface area contributed by atoms with Gasteiger partial charge >= 0.3 is 0 Å². The fourth-order valence-corrected chi connectivity index (χ4v) is 2.93. The fourth-order valence-electron chi connectivity index (χ4n) is 2.93. The quantitative estimate of drug-likeness (QED) is 0.767. The molecule has 0 saturated carbocycles. The molecule has 100 valence electrons. The van der Waals surface area contributed by atoms with Crippen molar-refractivity contribution in [1.82, 2.24) is 15.1 Å². The lowest BCUT2D eigenvalue weighted by molar-refractivity contribution is 0.648. The third-order valence-corrected chi connectivity index (χ3v) is 4.01. The van der Waals surface area contributed by atoms with Gasteiger partial charge in [-0.3, -0.25) is 0 Å². The molecule has 1 aliphatic rings. The molecule has 4 rings (SSSR count). The molecular formula is C17H17N3. The summed E-state index contributed by atoms with van der Waals surface area (Å²) in [5.41, 5.74) is 3.53. The first-order chi connectivity index (χ1) is 9.90. The molecule has 1 N–H and O–H groups in total. The van der Waals surface area contributed by atoms with E-state index in [-0.39, 0.29) is 0 Å². The minimum Gasteiger partial charge on any atom is -0.310 e. The Hall–Kier alpha value is -2.13. The van der Waals surface area contributed by atoms with E-state index in [1.807, 2.05) is 22.9 Å². The summed E-state index contributed by atoms with van der Waals surface area (Å²) >= 11 is 0. The SMILES string of the molecule is c1ccc(-n2cc3ccc(C4CCCN4)cc3n2)cc1. The van der Waals surface area contributed by atoms with Gasteiger partial charge in [0.2, 0.25) is 0 Å². The predicted octanol–water partition coefficient (Wildman–Crippen LogP) is 3.45. The molecule has 0 bridgehead atoms. The Bertz CT molecular complexity index is 724. The molecule has 0 radical (unpaired) electrons. The fraction of sp³-hybridized carbons (Fsp3) is 0.235. The highest BCUT2D eigenvalue weighted by atomic mass is 15.3. The first-order valence-electron chi connectivity index (χ1n) is 7.18. The normalized spacial score (nSPS) is 18.7. The molecule has 2 heterocycles. The maximum atomic E-state index is 4.70. The van der Waals surface area contributed by atoms with E-state index in [9.17, 15) is 0 Å². The van der Waals surface area contributed by atoms with Crippen LogP contribution in [0.15, 0.2) is 54.7 Å². The molecular weight excluding hydrogens is 246 g/mol. The Labute approximate surface area is 118 Å². The summed E-state index contributed by atoms with van der Waals surface area (Å²) in [6.45, 7) is 1.13. The van der Waals surface area contributed by atoms with Crippen LogP contribution in [0.1, 0.15) is 24.4 Å². The van der Waals surface area contributed by atoms with Gasteiger partial charge in [-0.05, 0) is 43.1 Å². The van der Waals surface area contributed by atoms with Crippen molar-refractivity contribution in [2.45, 2.75) is 18.9 Å². The van der Waals surface area contributed by atoms with Crippen LogP contribution in [0.5, 0.6) is 0 Å². The van der Waals surface area contributed by atoms with E-state index < -0.39 is 0 Å². The van der Waals surface area contributed by atoms with Gasteiger partial charge in [0.25, 0.3) is 0 Å². The van der Waals surface area contributed by atoms with Gasteiger partial charge in [-0.1, -0.05) is 30.3 Å². The van der Waals surface area contributed by atoms with E-state index in [1.54, 1.807) is 0 Å². The van der Waals surface area contributed by atoms with Crippen LogP contribution in [0.4, 0.5) is 0 Å². The molecule has 0 spiro atoms. The molecule has 0 aliphatic carbocycles. The number of benzene rings is 2. The highest BCUT2D eigenvalue weighted by Gasteiger charge is 2.16. The van der Waals surface area contributed by atoms with E-state index in [2.05, 4.69) is 41.8 Å². The van der Waals surface area contributed by atoms with Crippen molar-refractivity contribution in [3.63, 3.8) is 0 Å². The maximum Gasteiger partial charge on any atom is 0.0931 e. The van der Waals surface area contributed by atoms with E-state index in [4.69, 9.17) is 5.10 Å². The first-order valence-corrected chi connectivity index (χ1v) is 7.18. The average molecular weight is 263 g/mol. The molecule has 2 aromatic carbocycles. The summed E-state index contributed by atoms with van der Waals surface area (Å²) in [5, 5.41) is 9.44. The highest BCUT2D eigenvalue weighted by Crippen LogP contribution is 2.26. The standard InChI is InChI=1S/C17H17N3/c1-2-5-15(6-3-1)20-12-14-9-8-13(11-17(14)19-20)16-7-4-10-18-16/h1-3,5-6,8-9,11-12,16,18H,4,7,10H2. The summed E-state index contributed by atoms with van der Waals surface area (Å²) in [6, 6.07) is 17.4. The van der Waals surface area contributed by atoms with Crippen molar-refractivity contribution in [3.8, 4) is 5.69 Å². The lowest BCUT2D eigenvalue weighted by atomic mass is 10.0. The minimum absolute atomic E-state index is 0.501. The second kappa shape index (κ2) is 4.76. The van der Waals surface area contributed by atoms with Crippen molar-refractivity contribution >= 4 is 10.9 Å². The highest BCUT2D eigenvalue weighted by molar-refractivity contribution is 5.79. The Kier molecular flexibility index (Phi) is 2.78. The molecule has 1 fully saturated rings. The lowest BCUT2D eigenvalue weighted by Crippen LogP contribution is -2.12. The van der Waals surface area contributed by atoms with Crippen molar-refractivity contribution < 1.29 is 0 Å². The summed E-state index contributed by atoms with van der Waals surface area (Å²) in [4.78, 5) is 0. The van der Waals surface area contributed by atoms with E-state index >= 15 is 0 Å². The van der Waals surface area contributed by atoms with Gasteiger partial charge in [0.15, 0.2) is 0 Å². The molecule has 1 atom stereocenters. The van der Waals surface area contributed by atoms with Crippen LogP contribution < -0.4 is 5.32 Å². The van der Waals surface area contributed by atoms with Crippen LogP contribution in [-0.4, -0.2) is 16.3 Å². The van der Waals surface area contributed by atoms with Crippen LogP contribution in [0.2, 0.25) is 0 Å². The molecule has 1 unspecified atom stereocenters. The largest absolute Gasteiger partial charge is 0.310 e. The number of fused-ring (bicyclic) bond motifs is 1. The number of nitrogens with zero attached hydrogens (tertiary/aromatic N) is 2. The van der Waals surface area contributed by atoms with Gasteiger partial charge in [-0.2, -0.15) is 5.10 Å². The van der Waals surface area contributed by atoms with Gasteiger partial charge < -0.3 is 5.32 Å². The second-order valence-electron chi connectivity index (χ2n) is 5.38. The molecule has 3 heteroatoms. The Morgan fingerprint density at radius 3 is 2.80 bits per heavy atom. The molecule has 20 heavy (non-hydrogen) atoms. The van der Waals surface area contributed by atoms with E-state index in [0.717, 1.165) is 17.7 Å². The summed E-state index contributed by atoms with van der Waals surface area (Å²) in [6.07, 6.45) is 4.59. The number of hydrogen-bond acceptors (Lipinski definition) is 2. The topological polar surface area (TPSA) is 29.9 Å². The lowest BCUT2D eigenvalue weighted by Gasteiger charge is -2.09. The van der Waals surface area contributed by atoms with E-state index in [0.29, 0.717) is 6.04 Å². The van der Waals surface area contributed by atoms with Crippen LogP contribution in [0, 0.1) is 0 Å². The van der Waals surface area contributed by atoms with Crippen molar-refractivity contribution in [2.75, 3.05) is 6.54 Å². The van der Waals surface area contributed by atoms with Crippen molar-refractivity contribution in [1.29, 1.82) is 0 Å². The zero-order chi connectivity index (χ0) is 13.4. The van der Waals surface area contributed by atoms with Crippen LogP contribution in [0.3, 0.4) is 0 Å². The molecule has 3 aromatic rings. The van der Waals surface area contributed by atoms with Gasteiger partial charge in [-0.15, -0.1) is 0 Å². The minimum atomic E-state index is 0.501. The zero-order valence-electron chi connectivity index (χ0n) is 11.3. The monoisotopic (exact) mass is 263 g/mol. The van der Waals surface area contributed by atoms with Crippen LogP contribution >= 0.6 is 0 Å². The van der Waals surface area contributed by atoms with Crippen molar-refractivity contribution in [2.24, 2.45) is 0 Å². The van der Waals surface area contributed by atoms with Crippen molar-refractivity contribution in [3.05, 3.63) is 60.3 Å². The number of hydrogen-bond donors (Lipinski definition) is 1. The number of para-hydroxylation sites is 1. The molecule has 3 nitrogen and oxygen atoms in total. The first kappa shape index (κ1) is 11.7. The summed E-state index contributed by atoms with van der Waals surface area (Å²) < 4.78 is 1.95. The molecule has 1 aromatic heterocycles. The predicted molar refractivity (Wildman–Crippen MR) is 81.0 cm³/mol. The van der Waals surface area contributed by atoms with E-state index in [1.165, 1.54) is 23.8 Å². The average Bonchev–Trinajstić information content (AvgIpc) is 3.16. The van der Waals surface area contributed by atoms with Crippen LogP contribution in [-0.2, 0) is 0 Å². The Morgan fingerprint density at radius 1 is 1.10 bits per heavy atom. The van der Waals surface area contributed by atoms with Gasteiger partial charge in [0, 0.05) is 17.6 Å². The van der Waals surface area contributed by atoms with Crippen LogP contribution in [0.25, 0.3) is 16.6 Å². The number of aromatic nitrogens is 2. The molecule has 0 amide bonds. The third-order valence-electron chi connectivity index (χ3n) is 4.01. The Morgan fingerprint density at radius 2 is 2.00 bits per heavy atom. The summed E-state index contributed by atoms with van der Waals surface area (Å²) in [5.74, 6) is 0. The van der Waals surface area contributed by atoms with Gasteiger partial charge in [-0.25, -0.2) is 4.68 Å². The summed E-state index contributed by atoms with van der Waals surface area (Å²) in [7, 11) is 0. The Balaban J connectivity index is 1.76. The maximum absolute atomic E-state index is 4.70. The zero-order valence-corrected chi connectivity index (χ0v) is 11.3. The number of rotatable bonds is 2. The smallest absolute Gasteiger partial charge is 0.0931 e. The van der Waals surface area contributed by atoms with Gasteiger partial charge in [0.1, 0.15) is 0 Å². The van der Waals surface area contributed by atoms with Gasteiger partial charge in [0.05, 0.1) is 11.2 Å². The third kappa shape index (κ3) is 2.00. The second-order valence-corrected chi connectivity index (χ2v) is 5.38. The number of nitrogens with one attached hydrogen (secondary N) is 1.